The van der Waals surface area contributed by atoms with Crippen LogP contribution >= 0.6 is 0 Å². The van der Waals surface area contributed by atoms with Crippen LogP contribution in [-0.4, -0.2) is 5.97 Å². The molecule has 0 fully saturated rings. The second kappa shape index (κ2) is 4.61. The Kier molecular flexibility index (Phi) is 2.80. The lowest BCUT2D eigenvalue weighted by molar-refractivity contribution is -0.131. The molecule has 1 heterocycles. The Morgan fingerprint density at radius 2 is 1.68 bits per heavy atom. The molecule has 0 saturated carbocycles. The topological polar surface area (TPSA) is 39.4 Å². The number of fused-ring (bicyclic) bond motifs is 1. The zero-order valence-corrected chi connectivity index (χ0v) is 10.4. The second-order valence-electron chi connectivity index (χ2n) is 4.22. The number of furan rings is 1. The van der Waals surface area contributed by atoms with Crippen molar-refractivity contribution in [3.05, 3.63) is 54.6 Å². The maximum absolute atomic E-state index is 11.3. The third-order valence-electron chi connectivity index (χ3n) is 2.83. The van der Waals surface area contributed by atoms with Gasteiger partial charge in [0.2, 0.25) is 0 Å². The van der Waals surface area contributed by atoms with Gasteiger partial charge in [0.05, 0.1) is 5.39 Å². The molecule has 0 aliphatic rings. The van der Waals surface area contributed by atoms with Crippen LogP contribution in [0.25, 0.3) is 22.3 Å². The van der Waals surface area contributed by atoms with Crippen LogP contribution in [-0.2, 0) is 4.79 Å². The van der Waals surface area contributed by atoms with Crippen LogP contribution in [0.5, 0.6) is 5.75 Å². The van der Waals surface area contributed by atoms with Crippen LogP contribution in [0.4, 0.5) is 0 Å². The molecule has 0 saturated heterocycles. The molecule has 19 heavy (non-hydrogen) atoms. The predicted octanol–water partition coefficient (Wildman–Crippen LogP) is 4.03. The zero-order chi connectivity index (χ0) is 13.2. The molecule has 0 spiro atoms. The minimum absolute atomic E-state index is 0.358. The van der Waals surface area contributed by atoms with E-state index in [2.05, 4.69) is 0 Å². The molecule has 0 radical (unpaired) electrons. The van der Waals surface area contributed by atoms with E-state index in [1.54, 1.807) is 0 Å². The number of carbonyl (C=O) groups excluding carboxylic acids is 1. The van der Waals surface area contributed by atoms with Gasteiger partial charge in [-0.3, -0.25) is 4.79 Å². The minimum Gasteiger partial charge on any atom is -0.452 e. The smallest absolute Gasteiger partial charge is 0.308 e. The number of benzene rings is 2. The summed E-state index contributed by atoms with van der Waals surface area (Å²) in [7, 11) is 0. The lowest BCUT2D eigenvalue weighted by Crippen LogP contribution is -2.01. The van der Waals surface area contributed by atoms with Crippen LogP contribution in [0.3, 0.4) is 0 Å². The highest BCUT2D eigenvalue weighted by atomic mass is 16.5. The van der Waals surface area contributed by atoms with Crippen LogP contribution in [0.1, 0.15) is 6.92 Å². The van der Waals surface area contributed by atoms with E-state index in [9.17, 15) is 4.79 Å². The van der Waals surface area contributed by atoms with Crippen molar-refractivity contribution in [1.29, 1.82) is 0 Å². The van der Waals surface area contributed by atoms with Crippen molar-refractivity contribution in [2.75, 3.05) is 0 Å². The molecule has 0 N–H and O–H groups in total. The molecule has 2 aromatic carbocycles. The van der Waals surface area contributed by atoms with Gasteiger partial charge in [0.1, 0.15) is 5.58 Å². The summed E-state index contributed by atoms with van der Waals surface area (Å²) in [6, 6.07) is 17.1. The van der Waals surface area contributed by atoms with Crippen LogP contribution in [0, 0.1) is 0 Å². The Morgan fingerprint density at radius 1 is 1.00 bits per heavy atom. The molecule has 0 bridgehead atoms. The lowest BCUT2D eigenvalue weighted by atomic mass is 10.1. The molecule has 3 nitrogen and oxygen atoms in total. The summed E-state index contributed by atoms with van der Waals surface area (Å²) in [5.74, 6) is 0.704. The third-order valence-corrected chi connectivity index (χ3v) is 2.83. The van der Waals surface area contributed by atoms with E-state index < -0.39 is 0 Å². The quantitative estimate of drug-likeness (QED) is 0.646. The van der Waals surface area contributed by atoms with Crippen molar-refractivity contribution in [2.45, 2.75) is 6.92 Å². The van der Waals surface area contributed by atoms with Gasteiger partial charge in [0.25, 0.3) is 0 Å². The standard InChI is InChI=1S/C16H12O3/c1-11(17)18-16-13-9-5-6-10-14(13)19-15(16)12-7-3-2-4-8-12/h2-10H,1H3. The second-order valence-corrected chi connectivity index (χ2v) is 4.22. The van der Waals surface area contributed by atoms with E-state index >= 15 is 0 Å². The highest BCUT2D eigenvalue weighted by Crippen LogP contribution is 2.39. The van der Waals surface area contributed by atoms with E-state index in [0.29, 0.717) is 17.1 Å². The Hall–Kier alpha value is -2.55. The van der Waals surface area contributed by atoms with Crippen molar-refractivity contribution in [2.24, 2.45) is 0 Å². The number of hydrogen-bond acceptors (Lipinski definition) is 3. The number of rotatable bonds is 2. The Balaban J connectivity index is 2.26. The van der Waals surface area contributed by atoms with E-state index in [1.165, 1.54) is 6.92 Å². The van der Waals surface area contributed by atoms with Crippen molar-refractivity contribution < 1.29 is 13.9 Å². The molecule has 3 rings (SSSR count). The van der Waals surface area contributed by atoms with Gasteiger partial charge < -0.3 is 9.15 Å². The van der Waals surface area contributed by atoms with Gasteiger partial charge in [0.15, 0.2) is 11.5 Å². The van der Waals surface area contributed by atoms with Crippen LogP contribution < -0.4 is 4.74 Å². The van der Waals surface area contributed by atoms with Crippen molar-refractivity contribution in [1.82, 2.24) is 0 Å². The summed E-state index contributed by atoms with van der Waals surface area (Å²) in [6.07, 6.45) is 0. The van der Waals surface area contributed by atoms with Crippen molar-refractivity contribution >= 4 is 16.9 Å². The Labute approximate surface area is 110 Å². The van der Waals surface area contributed by atoms with Gasteiger partial charge in [-0.1, -0.05) is 42.5 Å². The maximum atomic E-state index is 11.3. The number of para-hydroxylation sites is 1. The van der Waals surface area contributed by atoms with E-state index in [1.807, 2.05) is 54.6 Å². The van der Waals surface area contributed by atoms with Crippen LogP contribution in [0.2, 0.25) is 0 Å². The fourth-order valence-corrected chi connectivity index (χ4v) is 2.05. The van der Waals surface area contributed by atoms with E-state index in [4.69, 9.17) is 9.15 Å². The molecular formula is C16H12O3. The predicted molar refractivity (Wildman–Crippen MR) is 73.0 cm³/mol. The molecule has 94 valence electrons. The molecular weight excluding hydrogens is 240 g/mol. The highest BCUT2D eigenvalue weighted by molar-refractivity contribution is 5.93. The summed E-state index contributed by atoms with van der Waals surface area (Å²) in [5, 5.41) is 0.802. The maximum Gasteiger partial charge on any atom is 0.308 e. The summed E-state index contributed by atoms with van der Waals surface area (Å²) >= 11 is 0. The first kappa shape index (κ1) is 11.5. The Bertz CT molecular complexity index is 726. The summed E-state index contributed by atoms with van der Waals surface area (Å²) in [6.45, 7) is 1.39. The lowest BCUT2D eigenvalue weighted by Gasteiger charge is -2.02. The molecule has 3 heteroatoms. The summed E-state index contributed by atoms with van der Waals surface area (Å²) in [4.78, 5) is 11.3. The van der Waals surface area contributed by atoms with E-state index in [0.717, 1.165) is 10.9 Å². The number of ether oxygens (including phenoxy) is 1. The van der Waals surface area contributed by atoms with Crippen molar-refractivity contribution in [3.63, 3.8) is 0 Å². The molecule has 0 aliphatic heterocycles. The van der Waals surface area contributed by atoms with E-state index in [-0.39, 0.29) is 5.97 Å². The molecule has 0 unspecified atom stereocenters. The molecule has 0 atom stereocenters. The fraction of sp³-hybridized carbons (Fsp3) is 0.0625. The summed E-state index contributed by atoms with van der Waals surface area (Å²) in [5.41, 5.74) is 1.59. The van der Waals surface area contributed by atoms with Gasteiger partial charge in [-0.05, 0) is 12.1 Å². The van der Waals surface area contributed by atoms with Crippen LogP contribution in [0.15, 0.2) is 59.0 Å². The zero-order valence-electron chi connectivity index (χ0n) is 10.4. The third kappa shape index (κ3) is 2.10. The molecule has 0 aliphatic carbocycles. The number of carbonyl (C=O) groups is 1. The van der Waals surface area contributed by atoms with Gasteiger partial charge in [-0.15, -0.1) is 0 Å². The summed E-state index contributed by atoms with van der Waals surface area (Å²) < 4.78 is 11.1. The molecule has 0 amide bonds. The fourth-order valence-electron chi connectivity index (χ4n) is 2.05. The first-order chi connectivity index (χ1) is 9.25. The average molecular weight is 252 g/mol. The Morgan fingerprint density at radius 3 is 2.42 bits per heavy atom. The van der Waals surface area contributed by atoms with Gasteiger partial charge in [-0.25, -0.2) is 0 Å². The van der Waals surface area contributed by atoms with Gasteiger partial charge >= 0.3 is 5.97 Å². The van der Waals surface area contributed by atoms with Gasteiger partial charge in [-0.2, -0.15) is 0 Å². The molecule has 1 aromatic heterocycles. The number of hydrogen-bond donors (Lipinski definition) is 0. The average Bonchev–Trinajstić information content (AvgIpc) is 2.78. The molecule has 3 aromatic rings. The minimum atomic E-state index is -0.358. The van der Waals surface area contributed by atoms with Crippen molar-refractivity contribution in [3.8, 4) is 17.1 Å². The SMILES string of the molecule is CC(=O)Oc1c(-c2ccccc2)oc2ccccc12. The monoisotopic (exact) mass is 252 g/mol. The van der Waals surface area contributed by atoms with Gasteiger partial charge in [0, 0.05) is 12.5 Å². The number of esters is 1. The first-order valence-electron chi connectivity index (χ1n) is 6.01. The first-order valence-corrected chi connectivity index (χ1v) is 6.01. The largest absolute Gasteiger partial charge is 0.452 e. The highest BCUT2D eigenvalue weighted by Gasteiger charge is 2.18. The normalized spacial score (nSPS) is 10.6.